The molecular formula is C22H32ClN3O. The third-order valence-electron chi connectivity index (χ3n) is 6.77. The lowest BCUT2D eigenvalue weighted by Gasteiger charge is -2.56. The van der Waals surface area contributed by atoms with Crippen molar-refractivity contribution < 1.29 is 4.79 Å². The lowest BCUT2D eigenvalue weighted by atomic mass is 9.89. The van der Waals surface area contributed by atoms with Gasteiger partial charge in [0.05, 0.1) is 0 Å². The standard InChI is InChI=1S/C22H32ClN3O/c1-22(2)16-25(21(27)17-8-10-18(23)11-9-17)15-20-14-24(12-13-26(20)22)19-6-4-3-5-7-19/h8-11,19-20H,3-7,12-16H2,1-2H3. The van der Waals surface area contributed by atoms with Crippen LogP contribution in [0.3, 0.4) is 0 Å². The molecule has 3 fully saturated rings. The Bertz CT molecular complexity index is 669. The Morgan fingerprint density at radius 3 is 2.41 bits per heavy atom. The number of hydrogen-bond acceptors (Lipinski definition) is 3. The van der Waals surface area contributed by atoms with E-state index in [9.17, 15) is 4.79 Å². The molecule has 4 rings (SSSR count). The first-order valence-corrected chi connectivity index (χ1v) is 10.9. The van der Waals surface area contributed by atoms with Crippen molar-refractivity contribution in [3.63, 3.8) is 0 Å². The van der Waals surface area contributed by atoms with Gasteiger partial charge in [0.15, 0.2) is 0 Å². The fourth-order valence-electron chi connectivity index (χ4n) is 5.42. The summed E-state index contributed by atoms with van der Waals surface area (Å²) >= 11 is 5.99. The summed E-state index contributed by atoms with van der Waals surface area (Å²) in [7, 11) is 0. The Hall–Kier alpha value is -1.10. The smallest absolute Gasteiger partial charge is 0.253 e. The van der Waals surface area contributed by atoms with Gasteiger partial charge in [-0.15, -0.1) is 0 Å². The highest BCUT2D eigenvalue weighted by Crippen LogP contribution is 2.32. The van der Waals surface area contributed by atoms with Crippen LogP contribution in [-0.4, -0.2) is 71.0 Å². The van der Waals surface area contributed by atoms with Gasteiger partial charge in [0.25, 0.3) is 5.91 Å². The molecule has 2 aliphatic heterocycles. The molecule has 0 aromatic heterocycles. The molecule has 148 valence electrons. The minimum Gasteiger partial charge on any atom is -0.335 e. The fraction of sp³-hybridized carbons (Fsp3) is 0.682. The zero-order valence-electron chi connectivity index (χ0n) is 16.7. The highest BCUT2D eigenvalue weighted by molar-refractivity contribution is 6.30. The molecule has 27 heavy (non-hydrogen) atoms. The Morgan fingerprint density at radius 1 is 1.00 bits per heavy atom. The topological polar surface area (TPSA) is 26.8 Å². The van der Waals surface area contributed by atoms with Crippen molar-refractivity contribution in [2.45, 2.75) is 63.6 Å². The van der Waals surface area contributed by atoms with E-state index >= 15 is 0 Å². The third-order valence-corrected chi connectivity index (χ3v) is 7.02. The second-order valence-corrected chi connectivity index (χ2v) is 9.58. The van der Waals surface area contributed by atoms with Crippen LogP contribution < -0.4 is 0 Å². The highest BCUT2D eigenvalue weighted by Gasteiger charge is 2.44. The molecule has 0 spiro atoms. The monoisotopic (exact) mass is 389 g/mol. The number of carbonyl (C=O) groups is 1. The number of rotatable bonds is 2. The summed E-state index contributed by atoms with van der Waals surface area (Å²) in [5.41, 5.74) is 0.757. The summed E-state index contributed by atoms with van der Waals surface area (Å²) in [5.74, 6) is 0.134. The first-order valence-electron chi connectivity index (χ1n) is 10.5. The molecule has 1 atom stereocenters. The van der Waals surface area contributed by atoms with Crippen LogP contribution in [0, 0.1) is 0 Å². The molecule has 1 aromatic rings. The minimum atomic E-state index is 0.0175. The maximum Gasteiger partial charge on any atom is 0.253 e. The molecular weight excluding hydrogens is 358 g/mol. The van der Waals surface area contributed by atoms with E-state index in [2.05, 4.69) is 28.5 Å². The van der Waals surface area contributed by atoms with Crippen LogP contribution in [0.15, 0.2) is 24.3 Å². The summed E-state index contributed by atoms with van der Waals surface area (Å²) in [5, 5.41) is 0.673. The maximum absolute atomic E-state index is 13.1. The normalized spacial score (nSPS) is 27.4. The van der Waals surface area contributed by atoms with E-state index in [-0.39, 0.29) is 11.4 Å². The summed E-state index contributed by atoms with van der Waals surface area (Å²) < 4.78 is 0. The van der Waals surface area contributed by atoms with Gasteiger partial charge in [0.2, 0.25) is 0 Å². The van der Waals surface area contributed by atoms with Gasteiger partial charge in [0.1, 0.15) is 0 Å². The summed E-state index contributed by atoms with van der Waals surface area (Å²) in [6, 6.07) is 8.49. The van der Waals surface area contributed by atoms with E-state index < -0.39 is 0 Å². The van der Waals surface area contributed by atoms with E-state index in [1.807, 2.05) is 24.3 Å². The molecule has 2 heterocycles. The van der Waals surface area contributed by atoms with Gasteiger partial charge in [-0.1, -0.05) is 30.9 Å². The Kier molecular flexibility index (Phi) is 5.50. The van der Waals surface area contributed by atoms with Crippen LogP contribution in [0.2, 0.25) is 5.02 Å². The average molecular weight is 390 g/mol. The number of carbonyl (C=O) groups excluding carboxylic acids is 1. The Balaban J connectivity index is 1.48. The van der Waals surface area contributed by atoms with Crippen molar-refractivity contribution >= 4 is 17.5 Å². The fourth-order valence-corrected chi connectivity index (χ4v) is 5.54. The van der Waals surface area contributed by atoms with Gasteiger partial charge in [-0.25, -0.2) is 0 Å². The Labute approximate surface area is 168 Å². The van der Waals surface area contributed by atoms with E-state index in [0.717, 1.165) is 37.8 Å². The minimum absolute atomic E-state index is 0.0175. The highest BCUT2D eigenvalue weighted by atomic mass is 35.5. The molecule has 1 unspecified atom stereocenters. The van der Waals surface area contributed by atoms with Crippen LogP contribution in [-0.2, 0) is 0 Å². The summed E-state index contributed by atoms with van der Waals surface area (Å²) in [6.07, 6.45) is 6.85. The number of nitrogens with zero attached hydrogens (tertiary/aromatic N) is 3. The molecule has 2 saturated heterocycles. The largest absolute Gasteiger partial charge is 0.335 e. The van der Waals surface area contributed by atoms with Crippen molar-refractivity contribution in [2.75, 3.05) is 32.7 Å². The van der Waals surface area contributed by atoms with E-state index in [1.165, 1.54) is 38.6 Å². The predicted molar refractivity (Wildman–Crippen MR) is 110 cm³/mol. The first-order chi connectivity index (χ1) is 12.9. The first kappa shape index (κ1) is 19.2. The van der Waals surface area contributed by atoms with Crippen LogP contribution in [0.5, 0.6) is 0 Å². The third kappa shape index (κ3) is 4.03. The molecule has 1 aliphatic carbocycles. The quantitative estimate of drug-likeness (QED) is 0.767. The number of halogens is 1. The number of benzene rings is 1. The lowest BCUT2D eigenvalue weighted by Crippen LogP contribution is -2.71. The van der Waals surface area contributed by atoms with Gasteiger partial charge in [-0.2, -0.15) is 0 Å². The molecule has 3 aliphatic rings. The summed E-state index contributed by atoms with van der Waals surface area (Å²) in [6.45, 7) is 9.59. The van der Waals surface area contributed by atoms with Crippen molar-refractivity contribution in [1.29, 1.82) is 0 Å². The molecule has 0 N–H and O–H groups in total. The van der Waals surface area contributed by atoms with Crippen LogP contribution >= 0.6 is 11.6 Å². The van der Waals surface area contributed by atoms with Gasteiger partial charge in [-0.05, 0) is 51.0 Å². The molecule has 1 saturated carbocycles. The van der Waals surface area contributed by atoms with E-state index in [4.69, 9.17) is 11.6 Å². The molecule has 5 heteroatoms. The SMILES string of the molecule is CC1(C)CN(C(=O)c2ccc(Cl)cc2)CC2CN(C3CCCCC3)CCN21. The lowest BCUT2D eigenvalue weighted by molar-refractivity contribution is -0.0670. The van der Waals surface area contributed by atoms with Crippen molar-refractivity contribution in [3.8, 4) is 0 Å². The summed E-state index contributed by atoms with van der Waals surface area (Å²) in [4.78, 5) is 20.5. The predicted octanol–water partition coefficient (Wildman–Crippen LogP) is 3.89. The van der Waals surface area contributed by atoms with E-state index in [0.29, 0.717) is 11.1 Å². The van der Waals surface area contributed by atoms with Crippen molar-refractivity contribution in [1.82, 2.24) is 14.7 Å². The van der Waals surface area contributed by atoms with E-state index in [1.54, 1.807) is 0 Å². The van der Waals surface area contributed by atoms with Crippen LogP contribution in [0.25, 0.3) is 0 Å². The molecule has 0 bridgehead atoms. The maximum atomic E-state index is 13.1. The second kappa shape index (κ2) is 7.73. The average Bonchev–Trinajstić information content (AvgIpc) is 2.67. The van der Waals surface area contributed by atoms with Gasteiger partial charge >= 0.3 is 0 Å². The Morgan fingerprint density at radius 2 is 1.70 bits per heavy atom. The van der Waals surface area contributed by atoms with Crippen molar-refractivity contribution in [2.24, 2.45) is 0 Å². The second-order valence-electron chi connectivity index (χ2n) is 9.14. The molecule has 1 aromatic carbocycles. The number of hydrogen-bond donors (Lipinski definition) is 0. The number of fused-ring (bicyclic) bond motifs is 1. The van der Waals surface area contributed by atoms with Crippen LogP contribution in [0.4, 0.5) is 0 Å². The molecule has 1 amide bonds. The number of amides is 1. The zero-order valence-corrected chi connectivity index (χ0v) is 17.4. The molecule has 4 nitrogen and oxygen atoms in total. The molecule has 0 radical (unpaired) electrons. The van der Waals surface area contributed by atoms with Gasteiger partial charge < -0.3 is 4.90 Å². The van der Waals surface area contributed by atoms with Gasteiger partial charge in [0, 0.05) is 60.9 Å². The van der Waals surface area contributed by atoms with Crippen LogP contribution in [0.1, 0.15) is 56.3 Å². The number of piperazine rings is 2. The zero-order chi connectivity index (χ0) is 19.0. The van der Waals surface area contributed by atoms with Gasteiger partial charge in [-0.3, -0.25) is 14.6 Å². The van der Waals surface area contributed by atoms with Crippen molar-refractivity contribution in [3.05, 3.63) is 34.9 Å².